The molecule has 132 valence electrons. The Balaban J connectivity index is 1.63. The van der Waals surface area contributed by atoms with E-state index in [9.17, 15) is 9.60 Å². The average Bonchev–Trinajstić information content (AvgIpc) is 2.63. The van der Waals surface area contributed by atoms with Gasteiger partial charge in [-0.15, -0.1) is 0 Å². The van der Waals surface area contributed by atoms with Gasteiger partial charge in [0.1, 0.15) is 18.6 Å². The first-order valence-electron chi connectivity index (χ1n) is 8.44. The summed E-state index contributed by atoms with van der Waals surface area (Å²) < 4.78 is 14.1. The van der Waals surface area contributed by atoms with Gasteiger partial charge in [-0.2, -0.15) is 4.73 Å². The van der Waals surface area contributed by atoms with Crippen molar-refractivity contribution in [3.05, 3.63) is 70.9 Å². The zero-order valence-electron chi connectivity index (χ0n) is 14.3. The Labute approximate surface area is 146 Å². The van der Waals surface area contributed by atoms with Gasteiger partial charge in [-0.3, -0.25) is 4.90 Å². The van der Waals surface area contributed by atoms with E-state index in [1.807, 2.05) is 12.1 Å². The summed E-state index contributed by atoms with van der Waals surface area (Å²) in [6.07, 6.45) is 3.41. The molecule has 2 heterocycles. The summed E-state index contributed by atoms with van der Waals surface area (Å²) in [4.78, 5) is 7.25. The van der Waals surface area contributed by atoms with E-state index in [0.29, 0.717) is 6.54 Å². The van der Waals surface area contributed by atoms with E-state index in [0.717, 1.165) is 47.6 Å². The van der Waals surface area contributed by atoms with Crippen LogP contribution in [0.1, 0.15) is 30.0 Å². The molecule has 0 unspecified atom stereocenters. The SMILES string of the molecule is CO/N=C(/CN1CCC(c2cccc[n+]2[O-])CC1)c1ccc(F)cc1. The fraction of sp³-hybridized carbons (Fsp3) is 0.368. The molecule has 2 aromatic rings. The molecule has 0 saturated carbocycles. The summed E-state index contributed by atoms with van der Waals surface area (Å²) in [5, 5.41) is 16.0. The molecule has 5 nitrogen and oxygen atoms in total. The van der Waals surface area contributed by atoms with E-state index in [1.165, 1.54) is 19.2 Å². The van der Waals surface area contributed by atoms with Crippen molar-refractivity contribution in [1.82, 2.24) is 4.90 Å². The molecule has 6 heteroatoms. The standard InChI is InChI=1S/C19H22FN3O2/c1-25-21-18(15-5-7-17(20)8-6-15)14-22-12-9-16(10-13-22)19-4-2-3-11-23(19)24/h2-8,11,16H,9-10,12-14H2,1H3/b21-18-. The van der Waals surface area contributed by atoms with Crippen LogP contribution in [0.3, 0.4) is 0 Å². The van der Waals surface area contributed by atoms with Gasteiger partial charge in [-0.05, 0) is 38.1 Å². The summed E-state index contributed by atoms with van der Waals surface area (Å²) in [6, 6.07) is 11.8. The number of hydrogen-bond acceptors (Lipinski definition) is 4. The van der Waals surface area contributed by atoms with Crippen LogP contribution < -0.4 is 4.73 Å². The number of hydrogen-bond donors (Lipinski definition) is 0. The molecule has 3 rings (SSSR count). The Morgan fingerprint density at radius 2 is 1.96 bits per heavy atom. The summed E-state index contributed by atoms with van der Waals surface area (Å²) in [5.74, 6) is 0.0127. The second kappa shape index (κ2) is 8.07. The van der Waals surface area contributed by atoms with Gasteiger partial charge in [-0.25, -0.2) is 4.39 Å². The third-order valence-corrected chi connectivity index (χ3v) is 4.61. The van der Waals surface area contributed by atoms with E-state index in [2.05, 4.69) is 10.1 Å². The topological polar surface area (TPSA) is 51.8 Å². The number of oxime groups is 1. The summed E-state index contributed by atoms with van der Waals surface area (Å²) >= 11 is 0. The van der Waals surface area contributed by atoms with Gasteiger partial charge in [0.05, 0.1) is 0 Å². The van der Waals surface area contributed by atoms with Crippen molar-refractivity contribution < 1.29 is 14.0 Å². The molecule has 25 heavy (non-hydrogen) atoms. The number of pyridine rings is 1. The van der Waals surface area contributed by atoms with E-state index >= 15 is 0 Å². The zero-order chi connectivity index (χ0) is 17.6. The van der Waals surface area contributed by atoms with Crippen LogP contribution in [0.4, 0.5) is 4.39 Å². The van der Waals surface area contributed by atoms with Crippen molar-refractivity contribution in [2.75, 3.05) is 26.7 Å². The molecule has 0 spiro atoms. The highest BCUT2D eigenvalue weighted by Gasteiger charge is 2.26. The monoisotopic (exact) mass is 343 g/mol. The molecule has 1 aliphatic rings. The second-order valence-electron chi connectivity index (χ2n) is 6.23. The third kappa shape index (κ3) is 4.33. The van der Waals surface area contributed by atoms with Crippen molar-refractivity contribution in [2.45, 2.75) is 18.8 Å². The number of aromatic nitrogens is 1. The Hall–Kier alpha value is -2.47. The lowest BCUT2D eigenvalue weighted by molar-refractivity contribution is -0.616. The summed E-state index contributed by atoms with van der Waals surface area (Å²) in [7, 11) is 1.51. The van der Waals surface area contributed by atoms with Crippen LogP contribution in [0.25, 0.3) is 0 Å². The predicted octanol–water partition coefficient (Wildman–Crippen LogP) is 2.69. The van der Waals surface area contributed by atoms with Crippen LogP contribution >= 0.6 is 0 Å². The quantitative estimate of drug-likeness (QED) is 0.363. The first-order chi connectivity index (χ1) is 12.2. The van der Waals surface area contributed by atoms with Crippen LogP contribution in [0.15, 0.2) is 53.8 Å². The van der Waals surface area contributed by atoms with Crippen molar-refractivity contribution in [1.29, 1.82) is 0 Å². The highest BCUT2D eigenvalue weighted by Crippen LogP contribution is 2.25. The van der Waals surface area contributed by atoms with E-state index in [-0.39, 0.29) is 11.7 Å². The van der Waals surface area contributed by atoms with Gasteiger partial charge in [0.2, 0.25) is 0 Å². The molecule has 0 bridgehead atoms. The van der Waals surface area contributed by atoms with E-state index in [4.69, 9.17) is 4.84 Å². The van der Waals surface area contributed by atoms with Crippen molar-refractivity contribution in [2.24, 2.45) is 5.16 Å². The van der Waals surface area contributed by atoms with Crippen LogP contribution in [0, 0.1) is 11.0 Å². The molecule has 0 aliphatic carbocycles. The molecule has 1 aliphatic heterocycles. The minimum Gasteiger partial charge on any atom is -0.618 e. The second-order valence-corrected chi connectivity index (χ2v) is 6.23. The maximum Gasteiger partial charge on any atom is 0.195 e. The van der Waals surface area contributed by atoms with Gasteiger partial charge in [-0.1, -0.05) is 23.4 Å². The number of piperidine rings is 1. The first-order valence-corrected chi connectivity index (χ1v) is 8.44. The fourth-order valence-electron chi connectivity index (χ4n) is 3.28. The maximum absolute atomic E-state index is 13.1. The minimum atomic E-state index is -0.268. The molecular weight excluding hydrogens is 321 g/mol. The van der Waals surface area contributed by atoms with Gasteiger partial charge in [0.15, 0.2) is 11.9 Å². The van der Waals surface area contributed by atoms with Gasteiger partial charge in [0.25, 0.3) is 0 Å². The third-order valence-electron chi connectivity index (χ3n) is 4.61. The number of halogens is 1. The van der Waals surface area contributed by atoms with E-state index < -0.39 is 0 Å². The largest absolute Gasteiger partial charge is 0.618 e. The lowest BCUT2D eigenvalue weighted by Crippen LogP contribution is -2.40. The molecule has 1 aromatic carbocycles. The zero-order valence-corrected chi connectivity index (χ0v) is 14.3. The van der Waals surface area contributed by atoms with Gasteiger partial charge in [0, 0.05) is 30.2 Å². The molecule has 0 radical (unpaired) electrons. The van der Waals surface area contributed by atoms with Gasteiger partial charge < -0.3 is 10.0 Å². The summed E-state index contributed by atoms with van der Waals surface area (Å²) in [6.45, 7) is 2.39. The molecule has 0 amide bonds. The lowest BCUT2D eigenvalue weighted by Gasteiger charge is -2.31. The summed E-state index contributed by atoms with van der Waals surface area (Å²) in [5.41, 5.74) is 2.47. The van der Waals surface area contributed by atoms with Crippen molar-refractivity contribution >= 4 is 5.71 Å². The minimum absolute atomic E-state index is 0.268. The van der Waals surface area contributed by atoms with Crippen molar-refractivity contribution in [3.8, 4) is 0 Å². The molecule has 1 fully saturated rings. The Kier molecular flexibility index (Phi) is 5.60. The van der Waals surface area contributed by atoms with Crippen LogP contribution in [0.2, 0.25) is 0 Å². The molecular formula is C19H22FN3O2. The highest BCUT2D eigenvalue weighted by atomic mass is 19.1. The molecule has 0 N–H and O–H groups in total. The van der Waals surface area contributed by atoms with Crippen molar-refractivity contribution in [3.63, 3.8) is 0 Å². The molecule has 1 aromatic heterocycles. The van der Waals surface area contributed by atoms with Gasteiger partial charge >= 0.3 is 0 Å². The Morgan fingerprint density at radius 3 is 2.60 bits per heavy atom. The van der Waals surface area contributed by atoms with Crippen LogP contribution in [-0.4, -0.2) is 37.4 Å². The smallest absolute Gasteiger partial charge is 0.195 e. The molecule has 0 atom stereocenters. The number of nitrogens with zero attached hydrogens (tertiary/aromatic N) is 3. The average molecular weight is 343 g/mol. The van der Waals surface area contributed by atoms with E-state index in [1.54, 1.807) is 24.4 Å². The highest BCUT2D eigenvalue weighted by molar-refractivity contribution is 6.01. The Bertz CT molecular complexity index is 726. The normalized spacial score (nSPS) is 16.8. The van der Waals surface area contributed by atoms with Crippen LogP contribution in [-0.2, 0) is 4.84 Å². The first kappa shape index (κ1) is 17.4. The molecule has 1 saturated heterocycles. The lowest BCUT2D eigenvalue weighted by atomic mass is 9.92. The number of rotatable bonds is 5. The maximum atomic E-state index is 13.1. The predicted molar refractivity (Wildman–Crippen MR) is 93.8 cm³/mol. The fourth-order valence-corrected chi connectivity index (χ4v) is 3.28. The van der Waals surface area contributed by atoms with Crippen LogP contribution in [0.5, 0.6) is 0 Å². The Morgan fingerprint density at radius 1 is 1.24 bits per heavy atom. The number of likely N-dealkylation sites (tertiary alicyclic amines) is 1. The number of benzene rings is 1.